The first-order chi connectivity index (χ1) is 25.3. The lowest BCUT2D eigenvalue weighted by atomic mass is 9.96. The lowest BCUT2D eigenvalue weighted by molar-refractivity contribution is 0.663. The van der Waals surface area contributed by atoms with Crippen molar-refractivity contribution in [3.63, 3.8) is 0 Å². The number of rotatable bonds is 6. The van der Waals surface area contributed by atoms with E-state index in [1.807, 2.05) is 24.3 Å². The van der Waals surface area contributed by atoms with Crippen LogP contribution in [0, 0.1) is 0 Å². The van der Waals surface area contributed by atoms with Crippen molar-refractivity contribution in [3.8, 4) is 33.4 Å². The summed E-state index contributed by atoms with van der Waals surface area (Å²) in [6, 6.07) is 66.2. The van der Waals surface area contributed by atoms with Gasteiger partial charge in [-0.15, -0.1) is 0 Å². The second-order valence-electron chi connectivity index (χ2n) is 12.9. The molecule has 0 aliphatic heterocycles. The number of furan rings is 2. The Balaban J connectivity index is 1.11. The van der Waals surface area contributed by atoms with Gasteiger partial charge in [0.2, 0.25) is 0 Å². The summed E-state index contributed by atoms with van der Waals surface area (Å²) in [5, 5.41) is 4.27. The third-order valence-electron chi connectivity index (χ3n) is 9.89. The van der Waals surface area contributed by atoms with Crippen molar-refractivity contribution in [3.05, 3.63) is 188 Å². The van der Waals surface area contributed by atoms with E-state index in [0.29, 0.717) is 0 Å². The molecule has 0 amide bonds. The molecule has 0 aliphatic carbocycles. The van der Waals surface area contributed by atoms with Gasteiger partial charge in [0.1, 0.15) is 22.3 Å². The Kier molecular flexibility index (Phi) is 6.81. The van der Waals surface area contributed by atoms with Gasteiger partial charge in [-0.25, -0.2) is 0 Å². The number of hydrogen-bond acceptors (Lipinski definition) is 3. The summed E-state index contributed by atoms with van der Waals surface area (Å²) < 4.78 is 13.0. The smallest absolute Gasteiger partial charge is 0.147 e. The van der Waals surface area contributed by atoms with Crippen LogP contribution in [0.5, 0.6) is 0 Å². The van der Waals surface area contributed by atoms with E-state index in [2.05, 4.69) is 169 Å². The number of benzene rings is 8. The average Bonchev–Trinajstić information content (AvgIpc) is 3.78. The summed E-state index contributed by atoms with van der Waals surface area (Å²) in [7, 11) is 0. The lowest BCUT2D eigenvalue weighted by Gasteiger charge is -2.26. The Labute approximate surface area is 295 Å². The van der Waals surface area contributed by atoms with Crippen molar-refractivity contribution >= 4 is 60.9 Å². The molecule has 0 fully saturated rings. The fourth-order valence-corrected chi connectivity index (χ4v) is 7.42. The van der Waals surface area contributed by atoms with Crippen LogP contribution in [0.1, 0.15) is 0 Å². The maximum absolute atomic E-state index is 6.59. The first-order valence-corrected chi connectivity index (χ1v) is 17.3. The summed E-state index contributed by atoms with van der Waals surface area (Å²) in [5.74, 6) is 0. The quantitative estimate of drug-likeness (QED) is 0.179. The maximum Gasteiger partial charge on any atom is 0.147 e. The zero-order valence-corrected chi connectivity index (χ0v) is 27.7. The van der Waals surface area contributed by atoms with Crippen LogP contribution in [-0.2, 0) is 0 Å². The Hall–Kier alpha value is -6.84. The van der Waals surface area contributed by atoms with Crippen molar-refractivity contribution in [1.29, 1.82) is 0 Å². The van der Waals surface area contributed by atoms with E-state index in [1.165, 1.54) is 22.3 Å². The first kappa shape index (κ1) is 29.1. The molecule has 51 heavy (non-hydrogen) atoms. The Morgan fingerprint density at radius 1 is 0.314 bits per heavy atom. The topological polar surface area (TPSA) is 29.5 Å². The van der Waals surface area contributed by atoms with Gasteiger partial charge >= 0.3 is 0 Å². The van der Waals surface area contributed by atoms with Crippen molar-refractivity contribution in [1.82, 2.24) is 0 Å². The Morgan fingerprint density at radius 2 is 0.725 bits per heavy atom. The van der Waals surface area contributed by atoms with E-state index in [4.69, 9.17) is 8.83 Å². The minimum absolute atomic E-state index is 0.820. The minimum Gasteiger partial charge on any atom is -0.456 e. The van der Waals surface area contributed by atoms with Crippen LogP contribution in [0.15, 0.2) is 197 Å². The number of anilines is 3. The standard InChI is InChI=1S/C48H31NO2/c1-3-11-32(12-4-1)34-19-25-37(26-20-34)49(38-27-21-35(22-28-38)33-13-5-2-6-14-33)39-29-23-36(24-30-39)42-31-45-47(41-16-8-9-17-43(41)50-45)48-46(42)40-15-7-10-18-44(40)51-48/h1-31H. The predicted molar refractivity (Wildman–Crippen MR) is 212 cm³/mol. The molecule has 0 saturated carbocycles. The van der Waals surface area contributed by atoms with E-state index in [9.17, 15) is 0 Å². The molecule has 0 N–H and O–H groups in total. The highest BCUT2D eigenvalue weighted by Gasteiger charge is 2.21. The van der Waals surface area contributed by atoms with Crippen LogP contribution in [-0.4, -0.2) is 0 Å². The van der Waals surface area contributed by atoms with Crippen LogP contribution < -0.4 is 4.90 Å². The molecule has 2 heterocycles. The third kappa shape index (κ3) is 4.98. The largest absolute Gasteiger partial charge is 0.456 e. The van der Waals surface area contributed by atoms with Gasteiger partial charge in [-0.05, 0) is 88.0 Å². The maximum atomic E-state index is 6.59. The zero-order chi connectivity index (χ0) is 33.7. The minimum atomic E-state index is 0.820. The van der Waals surface area contributed by atoms with Gasteiger partial charge in [0, 0.05) is 33.2 Å². The summed E-state index contributed by atoms with van der Waals surface area (Å²) in [6.07, 6.45) is 0. The summed E-state index contributed by atoms with van der Waals surface area (Å²) in [4.78, 5) is 2.32. The second kappa shape index (κ2) is 11.9. The van der Waals surface area contributed by atoms with Crippen LogP contribution in [0.4, 0.5) is 17.1 Å². The van der Waals surface area contributed by atoms with Crippen LogP contribution in [0.3, 0.4) is 0 Å². The Bertz CT molecular complexity index is 2730. The molecule has 0 unspecified atom stereocenters. The number of para-hydroxylation sites is 2. The summed E-state index contributed by atoms with van der Waals surface area (Å²) in [5.41, 5.74) is 13.6. The molecule has 0 spiro atoms. The van der Waals surface area contributed by atoms with Crippen LogP contribution in [0.25, 0.3) is 77.3 Å². The highest BCUT2D eigenvalue weighted by Crippen LogP contribution is 2.45. The molecule has 0 bridgehead atoms. The molecule has 0 atom stereocenters. The van der Waals surface area contributed by atoms with Gasteiger partial charge in [-0.1, -0.05) is 133 Å². The van der Waals surface area contributed by atoms with E-state index in [0.717, 1.165) is 72.1 Å². The highest BCUT2D eigenvalue weighted by atomic mass is 16.3. The lowest BCUT2D eigenvalue weighted by Crippen LogP contribution is -2.09. The van der Waals surface area contributed by atoms with Gasteiger partial charge in [0.25, 0.3) is 0 Å². The normalized spacial score (nSPS) is 11.5. The van der Waals surface area contributed by atoms with Crippen molar-refractivity contribution in [2.45, 2.75) is 0 Å². The van der Waals surface area contributed by atoms with Crippen molar-refractivity contribution in [2.24, 2.45) is 0 Å². The molecule has 240 valence electrons. The first-order valence-electron chi connectivity index (χ1n) is 17.3. The summed E-state index contributed by atoms with van der Waals surface area (Å²) >= 11 is 0. The fourth-order valence-electron chi connectivity index (χ4n) is 7.42. The second-order valence-corrected chi connectivity index (χ2v) is 12.9. The van der Waals surface area contributed by atoms with Gasteiger partial charge in [-0.2, -0.15) is 0 Å². The SMILES string of the molecule is c1ccc(-c2ccc(N(c3ccc(-c4ccccc4)cc3)c3ccc(-c4cc5oc6ccccc6c5c5oc6ccccc6c45)cc3)cc2)cc1. The molecular weight excluding hydrogens is 623 g/mol. The zero-order valence-electron chi connectivity index (χ0n) is 27.7. The van der Waals surface area contributed by atoms with Gasteiger partial charge < -0.3 is 13.7 Å². The molecule has 10 aromatic rings. The van der Waals surface area contributed by atoms with Crippen LogP contribution >= 0.6 is 0 Å². The summed E-state index contributed by atoms with van der Waals surface area (Å²) in [6.45, 7) is 0. The van der Waals surface area contributed by atoms with E-state index in [-0.39, 0.29) is 0 Å². The van der Waals surface area contributed by atoms with Crippen LogP contribution in [0.2, 0.25) is 0 Å². The molecule has 3 heteroatoms. The Morgan fingerprint density at radius 3 is 1.25 bits per heavy atom. The average molecular weight is 654 g/mol. The molecule has 0 saturated heterocycles. The monoisotopic (exact) mass is 653 g/mol. The number of hydrogen-bond donors (Lipinski definition) is 0. The number of nitrogens with zero attached hydrogens (tertiary/aromatic N) is 1. The van der Waals surface area contributed by atoms with Gasteiger partial charge in [-0.3, -0.25) is 0 Å². The molecule has 8 aromatic carbocycles. The molecule has 3 nitrogen and oxygen atoms in total. The molecular formula is C48H31NO2. The highest BCUT2D eigenvalue weighted by molar-refractivity contribution is 6.26. The van der Waals surface area contributed by atoms with E-state index >= 15 is 0 Å². The predicted octanol–water partition coefficient (Wildman–Crippen LogP) is 14.0. The van der Waals surface area contributed by atoms with Gasteiger partial charge in [0.15, 0.2) is 0 Å². The van der Waals surface area contributed by atoms with Crippen molar-refractivity contribution in [2.75, 3.05) is 4.90 Å². The van der Waals surface area contributed by atoms with E-state index < -0.39 is 0 Å². The number of fused-ring (bicyclic) bond motifs is 7. The van der Waals surface area contributed by atoms with Crippen molar-refractivity contribution < 1.29 is 8.83 Å². The fraction of sp³-hybridized carbons (Fsp3) is 0. The third-order valence-corrected chi connectivity index (χ3v) is 9.89. The molecule has 0 aliphatic rings. The molecule has 10 rings (SSSR count). The van der Waals surface area contributed by atoms with E-state index in [1.54, 1.807) is 0 Å². The molecule has 0 radical (unpaired) electrons. The molecule has 2 aromatic heterocycles. The van der Waals surface area contributed by atoms with Gasteiger partial charge in [0.05, 0.1) is 5.39 Å².